The second kappa shape index (κ2) is 5.42. The van der Waals surface area contributed by atoms with E-state index < -0.39 is 11.4 Å². The average molecular weight is 265 g/mol. The Bertz CT molecular complexity index is 466. The zero-order chi connectivity index (χ0) is 13.9. The van der Waals surface area contributed by atoms with Gasteiger partial charge in [-0.3, -0.25) is 4.79 Å². The number of methoxy groups -OCH3 is 1. The van der Waals surface area contributed by atoms with E-state index in [9.17, 15) is 9.90 Å². The van der Waals surface area contributed by atoms with Gasteiger partial charge in [-0.05, 0) is 12.8 Å². The summed E-state index contributed by atoms with van der Waals surface area (Å²) < 4.78 is 5.07. The van der Waals surface area contributed by atoms with E-state index in [4.69, 9.17) is 4.74 Å². The van der Waals surface area contributed by atoms with Crippen LogP contribution < -0.4 is 9.64 Å². The molecule has 1 aliphatic rings. The summed E-state index contributed by atoms with van der Waals surface area (Å²) >= 11 is 0. The summed E-state index contributed by atoms with van der Waals surface area (Å²) in [6.07, 6.45) is 3.81. The number of aliphatic carboxylic acids is 1. The lowest BCUT2D eigenvalue weighted by molar-refractivity contribution is -0.148. The molecule has 6 nitrogen and oxygen atoms in total. The van der Waals surface area contributed by atoms with Gasteiger partial charge < -0.3 is 14.7 Å². The zero-order valence-electron chi connectivity index (χ0n) is 11.3. The lowest BCUT2D eigenvalue weighted by Crippen LogP contribution is -2.35. The number of carbonyl (C=O) groups is 1. The molecule has 104 valence electrons. The molecule has 0 amide bonds. The molecule has 1 atom stereocenters. The number of carboxylic acid groups (broad SMARTS) is 1. The van der Waals surface area contributed by atoms with Crippen LogP contribution in [0, 0.1) is 5.41 Å². The van der Waals surface area contributed by atoms with E-state index >= 15 is 0 Å². The van der Waals surface area contributed by atoms with Crippen LogP contribution in [0.1, 0.15) is 26.2 Å². The molecule has 2 rings (SSSR count). The topological polar surface area (TPSA) is 75.5 Å². The Morgan fingerprint density at radius 1 is 1.63 bits per heavy atom. The van der Waals surface area contributed by atoms with Gasteiger partial charge in [-0.2, -0.15) is 4.98 Å². The predicted molar refractivity (Wildman–Crippen MR) is 70.4 cm³/mol. The third-order valence-electron chi connectivity index (χ3n) is 3.65. The Morgan fingerprint density at radius 3 is 3.05 bits per heavy atom. The van der Waals surface area contributed by atoms with Crippen LogP contribution in [0.5, 0.6) is 5.88 Å². The Hall–Kier alpha value is -1.85. The maximum absolute atomic E-state index is 11.5. The molecular weight excluding hydrogens is 246 g/mol. The number of ether oxygens (including phenoxy) is 1. The fourth-order valence-corrected chi connectivity index (χ4v) is 2.61. The first-order valence-corrected chi connectivity index (χ1v) is 6.46. The van der Waals surface area contributed by atoms with Gasteiger partial charge >= 0.3 is 5.97 Å². The van der Waals surface area contributed by atoms with Gasteiger partial charge in [0.1, 0.15) is 0 Å². The SMILES string of the molecule is CCCC1(C(=O)O)CCN(c2nccc(OC)n2)C1. The molecule has 0 spiro atoms. The number of rotatable bonds is 5. The summed E-state index contributed by atoms with van der Waals surface area (Å²) in [5, 5.41) is 9.47. The summed E-state index contributed by atoms with van der Waals surface area (Å²) in [4.78, 5) is 21.9. The smallest absolute Gasteiger partial charge is 0.311 e. The predicted octanol–water partition coefficient (Wildman–Crippen LogP) is 1.57. The van der Waals surface area contributed by atoms with E-state index in [1.807, 2.05) is 11.8 Å². The molecule has 19 heavy (non-hydrogen) atoms. The quantitative estimate of drug-likeness (QED) is 0.871. The highest BCUT2D eigenvalue weighted by Gasteiger charge is 2.44. The van der Waals surface area contributed by atoms with Crippen LogP contribution in [0.4, 0.5) is 5.95 Å². The first-order chi connectivity index (χ1) is 9.11. The maximum atomic E-state index is 11.5. The molecule has 0 aromatic carbocycles. The monoisotopic (exact) mass is 265 g/mol. The summed E-state index contributed by atoms with van der Waals surface area (Å²) in [5.41, 5.74) is -0.665. The van der Waals surface area contributed by atoms with Crippen LogP contribution >= 0.6 is 0 Å². The molecule has 0 radical (unpaired) electrons. The summed E-state index contributed by atoms with van der Waals surface area (Å²) in [6.45, 7) is 3.14. The minimum Gasteiger partial charge on any atom is -0.481 e. The van der Waals surface area contributed by atoms with Crippen molar-refractivity contribution in [1.82, 2.24) is 9.97 Å². The molecule has 0 aliphatic carbocycles. The van der Waals surface area contributed by atoms with Gasteiger partial charge in [-0.25, -0.2) is 4.98 Å². The van der Waals surface area contributed by atoms with Crippen molar-refractivity contribution in [2.75, 3.05) is 25.1 Å². The van der Waals surface area contributed by atoms with Crippen LogP contribution in [-0.2, 0) is 4.79 Å². The van der Waals surface area contributed by atoms with Gasteiger partial charge in [-0.1, -0.05) is 13.3 Å². The second-order valence-corrected chi connectivity index (χ2v) is 4.91. The van der Waals surface area contributed by atoms with Crippen LogP contribution in [-0.4, -0.2) is 41.2 Å². The van der Waals surface area contributed by atoms with Crippen molar-refractivity contribution in [1.29, 1.82) is 0 Å². The van der Waals surface area contributed by atoms with Crippen LogP contribution in [0.15, 0.2) is 12.3 Å². The summed E-state index contributed by atoms with van der Waals surface area (Å²) in [5.74, 6) is 0.312. The molecule has 1 aliphatic heterocycles. The Morgan fingerprint density at radius 2 is 2.42 bits per heavy atom. The Labute approximate surface area is 112 Å². The van der Waals surface area contributed by atoms with Gasteiger partial charge in [-0.15, -0.1) is 0 Å². The lowest BCUT2D eigenvalue weighted by Gasteiger charge is -2.24. The van der Waals surface area contributed by atoms with Gasteiger partial charge in [0.25, 0.3) is 0 Å². The normalized spacial score (nSPS) is 22.5. The van der Waals surface area contributed by atoms with Crippen molar-refractivity contribution in [3.63, 3.8) is 0 Å². The molecule has 0 bridgehead atoms. The molecule has 1 aromatic heterocycles. The number of aromatic nitrogens is 2. The fourth-order valence-electron chi connectivity index (χ4n) is 2.61. The third-order valence-corrected chi connectivity index (χ3v) is 3.65. The molecule has 0 saturated carbocycles. The highest BCUT2D eigenvalue weighted by atomic mass is 16.5. The van der Waals surface area contributed by atoms with Crippen LogP contribution in [0.25, 0.3) is 0 Å². The number of carboxylic acids is 1. The number of nitrogens with zero attached hydrogens (tertiary/aromatic N) is 3. The largest absolute Gasteiger partial charge is 0.481 e. The molecule has 1 fully saturated rings. The molecule has 1 unspecified atom stereocenters. The van der Waals surface area contributed by atoms with E-state index in [2.05, 4.69) is 9.97 Å². The molecule has 1 saturated heterocycles. The minimum atomic E-state index is -0.722. The average Bonchev–Trinajstić information content (AvgIpc) is 2.85. The lowest BCUT2D eigenvalue weighted by atomic mass is 9.83. The van der Waals surface area contributed by atoms with Crippen LogP contribution in [0.3, 0.4) is 0 Å². The molecule has 1 aromatic rings. The summed E-state index contributed by atoms with van der Waals surface area (Å²) in [7, 11) is 1.55. The third kappa shape index (κ3) is 2.62. The number of hydrogen-bond donors (Lipinski definition) is 1. The van der Waals surface area contributed by atoms with E-state index in [1.54, 1.807) is 19.4 Å². The second-order valence-electron chi connectivity index (χ2n) is 4.91. The zero-order valence-corrected chi connectivity index (χ0v) is 11.3. The van der Waals surface area contributed by atoms with Gasteiger partial charge in [0.15, 0.2) is 0 Å². The van der Waals surface area contributed by atoms with Crippen molar-refractivity contribution in [3.8, 4) is 5.88 Å². The van der Waals surface area contributed by atoms with E-state index in [0.29, 0.717) is 37.8 Å². The molecular formula is C13H19N3O3. The molecule has 6 heteroatoms. The number of anilines is 1. The van der Waals surface area contributed by atoms with Crippen molar-refractivity contribution < 1.29 is 14.6 Å². The molecule has 2 heterocycles. The standard InChI is InChI=1S/C13H19N3O3/c1-3-5-13(11(17)18)6-8-16(9-13)12-14-7-4-10(15-12)19-2/h4,7H,3,5-6,8-9H2,1-2H3,(H,17,18). The highest BCUT2D eigenvalue weighted by molar-refractivity contribution is 5.76. The first-order valence-electron chi connectivity index (χ1n) is 6.46. The van der Waals surface area contributed by atoms with E-state index in [0.717, 1.165) is 6.42 Å². The van der Waals surface area contributed by atoms with Gasteiger partial charge in [0.05, 0.1) is 12.5 Å². The van der Waals surface area contributed by atoms with Crippen LogP contribution in [0.2, 0.25) is 0 Å². The number of hydrogen-bond acceptors (Lipinski definition) is 5. The van der Waals surface area contributed by atoms with E-state index in [1.165, 1.54) is 0 Å². The van der Waals surface area contributed by atoms with Gasteiger partial charge in [0.2, 0.25) is 11.8 Å². The Kier molecular flexibility index (Phi) is 3.87. The van der Waals surface area contributed by atoms with Crippen molar-refractivity contribution in [2.24, 2.45) is 5.41 Å². The van der Waals surface area contributed by atoms with Crippen molar-refractivity contribution >= 4 is 11.9 Å². The van der Waals surface area contributed by atoms with Crippen molar-refractivity contribution in [2.45, 2.75) is 26.2 Å². The van der Waals surface area contributed by atoms with Crippen molar-refractivity contribution in [3.05, 3.63) is 12.3 Å². The maximum Gasteiger partial charge on any atom is 0.311 e. The van der Waals surface area contributed by atoms with Gasteiger partial charge in [0, 0.05) is 25.4 Å². The van der Waals surface area contributed by atoms with E-state index in [-0.39, 0.29) is 0 Å². The minimum absolute atomic E-state index is 0.462. The highest BCUT2D eigenvalue weighted by Crippen LogP contribution is 2.37. The summed E-state index contributed by atoms with van der Waals surface area (Å²) in [6, 6.07) is 1.68. The fraction of sp³-hybridized carbons (Fsp3) is 0.615. The Balaban J connectivity index is 2.18. The first kappa shape index (κ1) is 13.6. The molecule has 1 N–H and O–H groups in total.